The summed E-state index contributed by atoms with van der Waals surface area (Å²) in [7, 11) is 0. The second kappa shape index (κ2) is 8.22. The van der Waals surface area contributed by atoms with Gasteiger partial charge < -0.3 is 20.8 Å². The lowest BCUT2D eigenvalue weighted by molar-refractivity contribution is -0.192. The van der Waals surface area contributed by atoms with Gasteiger partial charge in [0, 0.05) is 12.6 Å². The highest BCUT2D eigenvalue weighted by Gasteiger charge is 2.51. The van der Waals surface area contributed by atoms with E-state index in [1.807, 2.05) is 12.1 Å². The Morgan fingerprint density at radius 2 is 1.76 bits per heavy atom. The Morgan fingerprint density at radius 3 is 2.28 bits per heavy atom. The Labute approximate surface area is 166 Å². The minimum absolute atomic E-state index is 0.0744. The number of amides is 1. The topological polar surface area (TPSA) is 98.7 Å². The summed E-state index contributed by atoms with van der Waals surface area (Å²) in [6.45, 7) is 0.854. The molecule has 4 fully saturated rings. The van der Waals surface area contributed by atoms with Crippen LogP contribution < -0.4 is 10.6 Å². The van der Waals surface area contributed by atoms with E-state index in [4.69, 9.17) is 9.90 Å². The number of carbonyl (C=O) groups excluding carboxylic acids is 1. The zero-order chi connectivity index (χ0) is 21.2. The lowest BCUT2D eigenvalue weighted by Gasteiger charge is -2.37. The summed E-state index contributed by atoms with van der Waals surface area (Å²) in [4.78, 5) is 21.5. The number of carboxylic acid groups (broad SMARTS) is 1. The van der Waals surface area contributed by atoms with Gasteiger partial charge in [-0.15, -0.1) is 0 Å². The minimum atomic E-state index is -5.08. The monoisotopic (exact) mass is 414 g/mol. The van der Waals surface area contributed by atoms with Crippen LogP contribution in [0.25, 0.3) is 0 Å². The number of aliphatic carboxylic acids is 1. The number of halogens is 3. The highest BCUT2D eigenvalue weighted by Crippen LogP contribution is 2.39. The maximum absolute atomic E-state index is 12.6. The summed E-state index contributed by atoms with van der Waals surface area (Å²) < 4.78 is 31.7. The molecule has 0 spiro atoms. The Hall–Kier alpha value is -2.29. The summed E-state index contributed by atoms with van der Waals surface area (Å²) >= 11 is 0. The number of aromatic hydroxyl groups is 1. The Bertz CT molecular complexity index is 764. The average molecular weight is 414 g/mol. The van der Waals surface area contributed by atoms with Crippen LogP contribution in [0.1, 0.15) is 66.8 Å². The molecule has 1 aromatic rings. The average Bonchev–Trinajstić information content (AvgIpc) is 3.23. The third kappa shape index (κ3) is 5.01. The van der Waals surface area contributed by atoms with Crippen LogP contribution in [0.3, 0.4) is 0 Å². The second-order valence-electron chi connectivity index (χ2n) is 8.13. The van der Waals surface area contributed by atoms with Crippen LogP contribution in [-0.2, 0) is 4.79 Å². The Kier molecular flexibility index (Phi) is 6.07. The summed E-state index contributed by atoms with van der Waals surface area (Å²) in [5.41, 5.74) is 1.57. The highest BCUT2D eigenvalue weighted by molar-refractivity contribution is 5.97. The van der Waals surface area contributed by atoms with Gasteiger partial charge in [0.05, 0.1) is 11.1 Å². The molecule has 29 heavy (non-hydrogen) atoms. The molecule has 1 amide bonds. The van der Waals surface area contributed by atoms with Crippen LogP contribution in [-0.4, -0.2) is 46.4 Å². The number of benzene rings is 1. The van der Waals surface area contributed by atoms with Gasteiger partial charge >= 0.3 is 12.1 Å². The molecule has 5 rings (SSSR count). The molecule has 2 bridgehead atoms. The highest BCUT2D eigenvalue weighted by atomic mass is 19.4. The van der Waals surface area contributed by atoms with E-state index < -0.39 is 12.1 Å². The summed E-state index contributed by atoms with van der Waals surface area (Å²) in [6.07, 6.45) is 3.19. The molecule has 0 unspecified atom stereocenters. The second-order valence-corrected chi connectivity index (χ2v) is 8.13. The molecule has 4 N–H and O–H groups in total. The first kappa shape index (κ1) is 21.4. The van der Waals surface area contributed by atoms with Gasteiger partial charge in [0.15, 0.2) is 0 Å². The number of alkyl halides is 3. The van der Waals surface area contributed by atoms with E-state index in [-0.39, 0.29) is 17.2 Å². The predicted molar refractivity (Wildman–Crippen MR) is 98.8 cm³/mol. The number of hydrogen-bond donors (Lipinski definition) is 4. The van der Waals surface area contributed by atoms with Gasteiger partial charge in [0.25, 0.3) is 5.91 Å². The molecule has 6 nitrogen and oxygen atoms in total. The molecule has 0 radical (unpaired) electrons. The fourth-order valence-electron chi connectivity index (χ4n) is 4.39. The molecule has 9 heteroatoms. The number of phenolic OH excluding ortho intramolecular Hbond substituents is 1. The van der Waals surface area contributed by atoms with Crippen LogP contribution in [0.2, 0.25) is 0 Å². The van der Waals surface area contributed by atoms with Gasteiger partial charge in [-0.25, -0.2) is 4.79 Å². The van der Waals surface area contributed by atoms with Crippen molar-refractivity contribution in [2.45, 2.75) is 68.6 Å². The quantitative estimate of drug-likeness (QED) is 0.608. The van der Waals surface area contributed by atoms with Crippen molar-refractivity contribution in [2.24, 2.45) is 0 Å². The number of hydrogen-bond acceptors (Lipinski definition) is 4. The third-order valence-corrected chi connectivity index (χ3v) is 5.97. The van der Waals surface area contributed by atoms with Crippen molar-refractivity contribution in [1.29, 1.82) is 0 Å². The molecule has 2 saturated carbocycles. The number of carboxylic acids is 1. The minimum Gasteiger partial charge on any atom is -0.507 e. The Balaban J connectivity index is 0.000000298. The van der Waals surface area contributed by atoms with Gasteiger partial charge in [-0.05, 0) is 49.3 Å². The van der Waals surface area contributed by atoms with E-state index in [1.54, 1.807) is 6.07 Å². The van der Waals surface area contributed by atoms with Crippen LogP contribution in [0.15, 0.2) is 18.2 Å². The smallest absolute Gasteiger partial charge is 0.490 e. The molecule has 2 aliphatic carbocycles. The molecule has 2 saturated heterocycles. The van der Waals surface area contributed by atoms with E-state index in [0.717, 1.165) is 19.4 Å². The SMILES string of the molecule is O=C(NC12CNC(C1)C2)c1cc(C2CCCCC2)ccc1O.O=C(O)C(F)(F)F. The normalized spacial score (nSPS) is 26.1. The molecule has 4 aliphatic rings. The van der Waals surface area contributed by atoms with Gasteiger partial charge in [-0.1, -0.05) is 25.3 Å². The number of fused-ring (bicyclic) bond motifs is 1. The van der Waals surface area contributed by atoms with Crippen LogP contribution in [0.5, 0.6) is 5.75 Å². The molecular formula is C20H25F3N2O4. The van der Waals surface area contributed by atoms with Crippen molar-refractivity contribution in [1.82, 2.24) is 10.6 Å². The maximum atomic E-state index is 12.6. The van der Waals surface area contributed by atoms with Crippen molar-refractivity contribution in [3.8, 4) is 5.75 Å². The first-order valence-electron chi connectivity index (χ1n) is 9.78. The lowest BCUT2D eigenvalue weighted by atomic mass is 9.78. The molecular weight excluding hydrogens is 389 g/mol. The zero-order valence-electron chi connectivity index (χ0n) is 15.9. The zero-order valence-corrected chi connectivity index (χ0v) is 15.9. The van der Waals surface area contributed by atoms with Crippen molar-refractivity contribution in [2.75, 3.05) is 6.54 Å². The van der Waals surface area contributed by atoms with Crippen LogP contribution in [0, 0.1) is 0 Å². The number of phenols is 1. The first-order chi connectivity index (χ1) is 13.6. The lowest BCUT2D eigenvalue weighted by Crippen LogP contribution is -2.55. The van der Waals surface area contributed by atoms with Crippen molar-refractivity contribution >= 4 is 11.9 Å². The summed E-state index contributed by atoms with van der Waals surface area (Å²) in [5, 5.41) is 23.8. The largest absolute Gasteiger partial charge is 0.507 e. The van der Waals surface area contributed by atoms with Gasteiger partial charge in [0.1, 0.15) is 5.75 Å². The third-order valence-electron chi connectivity index (χ3n) is 5.97. The van der Waals surface area contributed by atoms with Crippen molar-refractivity contribution < 1.29 is 33.0 Å². The van der Waals surface area contributed by atoms with Gasteiger partial charge in [-0.3, -0.25) is 4.79 Å². The molecule has 1 aromatic carbocycles. The summed E-state index contributed by atoms with van der Waals surface area (Å²) in [6, 6.07) is 6.15. The van der Waals surface area contributed by atoms with E-state index >= 15 is 0 Å². The van der Waals surface area contributed by atoms with E-state index in [2.05, 4.69) is 10.6 Å². The fraction of sp³-hybridized carbons (Fsp3) is 0.600. The van der Waals surface area contributed by atoms with Crippen LogP contribution in [0.4, 0.5) is 13.2 Å². The standard InChI is InChI=1S/C18H24N2O2.C2HF3O2/c21-16-7-6-13(12-4-2-1-3-5-12)8-15(16)17(22)20-18-9-14(10-18)19-11-18;3-2(4,5)1(6)7/h6-8,12,14,19,21H,1-5,9-11H2,(H,20,22);(H,6,7). The van der Waals surface area contributed by atoms with Crippen LogP contribution >= 0.6 is 0 Å². The van der Waals surface area contributed by atoms with E-state index in [9.17, 15) is 23.1 Å². The van der Waals surface area contributed by atoms with Crippen molar-refractivity contribution in [3.05, 3.63) is 29.3 Å². The molecule has 2 aliphatic heterocycles. The number of carbonyl (C=O) groups is 2. The fourth-order valence-corrected chi connectivity index (χ4v) is 4.39. The van der Waals surface area contributed by atoms with E-state index in [1.165, 1.54) is 37.7 Å². The summed E-state index contributed by atoms with van der Waals surface area (Å²) in [5.74, 6) is -2.25. The maximum Gasteiger partial charge on any atom is 0.490 e. The molecule has 2 heterocycles. The number of nitrogens with one attached hydrogen (secondary N) is 2. The number of rotatable bonds is 3. The van der Waals surface area contributed by atoms with Crippen molar-refractivity contribution in [3.63, 3.8) is 0 Å². The van der Waals surface area contributed by atoms with Gasteiger partial charge in [0.2, 0.25) is 0 Å². The Morgan fingerprint density at radius 1 is 1.14 bits per heavy atom. The van der Waals surface area contributed by atoms with Gasteiger partial charge in [-0.2, -0.15) is 13.2 Å². The molecule has 0 aromatic heterocycles. The molecule has 160 valence electrons. The first-order valence-corrected chi connectivity index (χ1v) is 9.78. The molecule has 0 atom stereocenters. The predicted octanol–water partition coefficient (Wildman–Crippen LogP) is 3.31. The van der Waals surface area contributed by atoms with E-state index in [0.29, 0.717) is 17.5 Å².